The number of ether oxygens (including phenoxy) is 1. The number of carbonyl (C=O) groups excluding carboxylic acids is 1. The quantitative estimate of drug-likeness (QED) is 0.505. The van der Waals surface area contributed by atoms with Crippen LogP contribution in [0.2, 0.25) is 0 Å². The van der Waals surface area contributed by atoms with E-state index in [4.69, 9.17) is 5.11 Å². The second-order valence-corrected chi connectivity index (χ2v) is 3.81. The topological polar surface area (TPSA) is 63.6 Å². The van der Waals surface area contributed by atoms with Gasteiger partial charge in [-0.1, -0.05) is 6.42 Å². The van der Waals surface area contributed by atoms with Gasteiger partial charge in [0.15, 0.2) is 5.41 Å². The molecule has 4 heteroatoms. The number of rotatable bonds is 2. The zero-order valence-corrected chi connectivity index (χ0v) is 7.45. The van der Waals surface area contributed by atoms with Crippen LogP contribution in [0, 0.1) is 17.3 Å². The summed E-state index contributed by atoms with van der Waals surface area (Å²) in [5, 5.41) is 9.01. The minimum absolute atomic E-state index is 0.0393. The number of carboxylic acid groups (broad SMARTS) is 1. The summed E-state index contributed by atoms with van der Waals surface area (Å²) in [6.45, 7) is 0. The zero-order chi connectivity index (χ0) is 9.64. The number of hydrogen-bond acceptors (Lipinski definition) is 3. The lowest BCUT2D eigenvalue weighted by Crippen LogP contribution is -2.31. The van der Waals surface area contributed by atoms with Crippen molar-refractivity contribution in [2.45, 2.75) is 19.3 Å². The maximum Gasteiger partial charge on any atom is 0.323 e. The summed E-state index contributed by atoms with van der Waals surface area (Å²) in [5.41, 5.74) is -1.17. The van der Waals surface area contributed by atoms with Crippen LogP contribution in [-0.4, -0.2) is 24.2 Å². The highest BCUT2D eigenvalue weighted by molar-refractivity contribution is 6.03. The number of carbonyl (C=O) groups is 2. The van der Waals surface area contributed by atoms with E-state index >= 15 is 0 Å². The largest absolute Gasteiger partial charge is 0.480 e. The van der Waals surface area contributed by atoms with Crippen molar-refractivity contribution < 1.29 is 19.4 Å². The standard InChI is InChI=1S/C9H12O4/c1-13-8(12)9(7(10)11)5-3-2-4-6(5)9/h5-6H,2-4H2,1H3,(H,10,11)/t5-,6+,9?. The Morgan fingerprint density at radius 3 is 2.31 bits per heavy atom. The third kappa shape index (κ3) is 0.806. The normalized spacial score (nSPS) is 41.0. The van der Waals surface area contributed by atoms with Crippen molar-refractivity contribution in [2.24, 2.45) is 17.3 Å². The lowest BCUT2D eigenvalue weighted by molar-refractivity contribution is -0.161. The fourth-order valence-corrected chi connectivity index (χ4v) is 2.83. The molecule has 1 N–H and O–H groups in total. The van der Waals surface area contributed by atoms with E-state index in [9.17, 15) is 9.59 Å². The summed E-state index contributed by atoms with van der Waals surface area (Å²) < 4.78 is 4.56. The molecule has 2 aliphatic rings. The molecule has 0 bridgehead atoms. The van der Waals surface area contributed by atoms with Crippen LogP contribution in [0.15, 0.2) is 0 Å². The monoisotopic (exact) mass is 184 g/mol. The maximum atomic E-state index is 11.3. The van der Waals surface area contributed by atoms with Crippen LogP contribution in [0.1, 0.15) is 19.3 Å². The Balaban J connectivity index is 2.26. The molecule has 2 aliphatic carbocycles. The molecule has 2 rings (SSSR count). The second kappa shape index (κ2) is 2.47. The number of hydrogen-bond donors (Lipinski definition) is 1. The van der Waals surface area contributed by atoms with E-state index < -0.39 is 17.4 Å². The fourth-order valence-electron chi connectivity index (χ4n) is 2.83. The van der Waals surface area contributed by atoms with Gasteiger partial charge in [0, 0.05) is 0 Å². The SMILES string of the molecule is COC(=O)C1(C(=O)O)[C@@H]2CCC[C@@H]21. The zero-order valence-electron chi connectivity index (χ0n) is 7.45. The van der Waals surface area contributed by atoms with E-state index in [1.54, 1.807) is 0 Å². The predicted molar refractivity (Wildman–Crippen MR) is 42.9 cm³/mol. The van der Waals surface area contributed by atoms with Crippen LogP contribution < -0.4 is 0 Å². The number of aliphatic carboxylic acids is 1. The van der Waals surface area contributed by atoms with Crippen molar-refractivity contribution >= 4 is 11.9 Å². The highest BCUT2D eigenvalue weighted by atomic mass is 16.5. The molecular weight excluding hydrogens is 172 g/mol. The lowest BCUT2D eigenvalue weighted by atomic mass is 9.96. The molecule has 0 aliphatic heterocycles. The smallest absolute Gasteiger partial charge is 0.323 e. The average Bonchev–Trinajstić information content (AvgIpc) is 2.52. The van der Waals surface area contributed by atoms with Crippen molar-refractivity contribution in [3.63, 3.8) is 0 Å². The minimum atomic E-state index is -1.17. The molecule has 2 fully saturated rings. The molecule has 0 heterocycles. The van der Waals surface area contributed by atoms with E-state index in [2.05, 4.69) is 4.74 Å². The summed E-state index contributed by atoms with van der Waals surface area (Å²) >= 11 is 0. The number of fused-ring (bicyclic) bond motifs is 1. The van der Waals surface area contributed by atoms with Gasteiger partial charge in [0.25, 0.3) is 0 Å². The Morgan fingerprint density at radius 1 is 1.38 bits per heavy atom. The Labute approximate surface area is 75.9 Å². The highest BCUT2D eigenvalue weighted by Crippen LogP contribution is 2.67. The van der Waals surface area contributed by atoms with Crippen molar-refractivity contribution in [1.82, 2.24) is 0 Å². The molecule has 0 spiro atoms. The first kappa shape index (κ1) is 8.53. The Bertz CT molecular complexity index is 261. The summed E-state index contributed by atoms with van der Waals surface area (Å²) in [4.78, 5) is 22.3. The van der Waals surface area contributed by atoms with Crippen LogP contribution in [0.4, 0.5) is 0 Å². The van der Waals surface area contributed by atoms with E-state index in [0.29, 0.717) is 0 Å². The van der Waals surface area contributed by atoms with Crippen molar-refractivity contribution in [1.29, 1.82) is 0 Å². The number of methoxy groups -OCH3 is 1. The van der Waals surface area contributed by atoms with Crippen LogP contribution in [0.3, 0.4) is 0 Å². The maximum absolute atomic E-state index is 11.3. The fraction of sp³-hybridized carbons (Fsp3) is 0.778. The molecule has 4 nitrogen and oxygen atoms in total. The van der Waals surface area contributed by atoms with Crippen molar-refractivity contribution in [3.05, 3.63) is 0 Å². The number of esters is 1. The molecule has 0 aromatic rings. The van der Waals surface area contributed by atoms with E-state index in [0.717, 1.165) is 19.3 Å². The van der Waals surface area contributed by atoms with Crippen LogP contribution in [-0.2, 0) is 14.3 Å². The molecule has 13 heavy (non-hydrogen) atoms. The van der Waals surface area contributed by atoms with Gasteiger partial charge in [-0.25, -0.2) is 0 Å². The minimum Gasteiger partial charge on any atom is -0.480 e. The predicted octanol–water partition coefficient (Wildman–Crippen LogP) is 0.660. The molecular formula is C9H12O4. The molecule has 0 radical (unpaired) electrons. The number of carboxylic acids is 1. The molecule has 2 saturated carbocycles. The van der Waals surface area contributed by atoms with E-state index in [-0.39, 0.29) is 11.8 Å². The lowest BCUT2D eigenvalue weighted by Gasteiger charge is -2.12. The Hall–Kier alpha value is -1.06. The first-order valence-corrected chi connectivity index (χ1v) is 4.47. The van der Waals surface area contributed by atoms with Gasteiger partial charge in [-0.2, -0.15) is 0 Å². The third-order valence-electron chi connectivity index (χ3n) is 3.45. The molecule has 0 aromatic heterocycles. The van der Waals surface area contributed by atoms with Crippen LogP contribution >= 0.6 is 0 Å². The van der Waals surface area contributed by atoms with Gasteiger partial charge < -0.3 is 9.84 Å². The van der Waals surface area contributed by atoms with Gasteiger partial charge in [-0.05, 0) is 24.7 Å². The average molecular weight is 184 g/mol. The van der Waals surface area contributed by atoms with Gasteiger partial charge in [0.05, 0.1) is 7.11 Å². The summed E-state index contributed by atoms with van der Waals surface area (Å²) in [7, 11) is 1.25. The molecule has 0 amide bonds. The summed E-state index contributed by atoms with van der Waals surface area (Å²) in [6, 6.07) is 0. The Morgan fingerprint density at radius 2 is 1.92 bits per heavy atom. The summed E-state index contributed by atoms with van der Waals surface area (Å²) in [5.74, 6) is -1.49. The van der Waals surface area contributed by atoms with Crippen molar-refractivity contribution in [2.75, 3.05) is 7.11 Å². The third-order valence-corrected chi connectivity index (χ3v) is 3.45. The van der Waals surface area contributed by atoms with E-state index in [1.807, 2.05) is 0 Å². The van der Waals surface area contributed by atoms with Gasteiger partial charge in [0.1, 0.15) is 0 Å². The molecule has 72 valence electrons. The molecule has 0 saturated heterocycles. The van der Waals surface area contributed by atoms with Gasteiger partial charge in [-0.3, -0.25) is 9.59 Å². The molecule has 0 aromatic carbocycles. The second-order valence-electron chi connectivity index (χ2n) is 3.81. The molecule has 1 unspecified atom stereocenters. The van der Waals surface area contributed by atoms with Gasteiger partial charge >= 0.3 is 11.9 Å². The summed E-state index contributed by atoms with van der Waals surface area (Å²) in [6.07, 6.45) is 2.75. The first-order valence-electron chi connectivity index (χ1n) is 4.47. The van der Waals surface area contributed by atoms with Gasteiger partial charge in [-0.15, -0.1) is 0 Å². The first-order chi connectivity index (χ1) is 6.15. The van der Waals surface area contributed by atoms with Crippen LogP contribution in [0.25, 0.3) is 0 Å². The van der Waals surface area contributed by atoms with E-state index in [1.165, 1.54) is 7.11 Å². The highest BCUT2D eigenvalue weighted by Gasteiger charge is 2.76. The van der Waals surface area contributed by atoms with Gasteiger partial charge in [0.2, 0.25) is 0 Å². The Kier molecular flexibility index (Phi) is 1.62. The molecule has 3 atom stereocenters. The van der Waals surface area contributed by atoms with Crippen molar-refractivity contribution in [3.8, 4) is 0 Å². The van der Waals surface area contributed by atoms with Crippen LogP contribution in [0.5, 0.6) is 0 Å².